The van der Waals surface area contributed by atoms with Crippen LogP contribution < -0.4 is 0 Å². The minimum absolute atomic E-state index is 0.620. The predicted octanol–water partition coefficient (Wildman–Crippen LogP) is 4.13. The van der Waals surface area contributed by atoms with Gasteiger partial charge in [0.2, 0.25) is 0 Å². The normalized spacial score (nSPS) is 15.0. The van der Waals surface area contributed by atoms with Gasteiger partial charge in [0.1, 0.15) is 28.7 Å². The SMILES string of the molecule is CCCO/N=C1\CCCc2ncc(-c3cnc(-c4cccnc4)s3)nc21. The number of aromatic nitrogens is 4. The molecule has 7 heteroatoms. The quantitative estimate of drug-likeness (QED) is 0.502. The lowest BCUT2D eigenvalue weighted by atomic mass is 9.98. The molecule has 1 aliphatic rings. The minimum atomic E-state index is 0.620. The Morgan fingerprint density at radius 3 is 3.00 bits per heavy atom. The molecule has 26 heavy (non-hydrogen) atoms. The Bertz CT molecular complexity index is 923. The number of hydrogen-bond donors (Lipinski definition) is 0. The summed E-state index contributed by atoms with van der Waals surface area (Å²) in [4.78, 5) is 24.5. The van der Waals surface area contributed by atoms with Crippen molar-refractivity contribution in [3.05, 3.63) is 48.3 Å². The van der Waals surface area contributed by atoms with Crippen LogP contribution in [0.15, 0.2) is 42.1 Å². The highest BCUT2D eigenvalue weighted by Crippen LogP contribution is 2.31. The van der Waals surface area contributed by atoms with Crippen molar-refractivity contribution in [2.75, 3.05) is 6.61 Å². The van der Waals surface area contributed by atoms with E-state index in [0.717, 1.165) is 63.9 Å². The fourth-order valence-corrected chi connectivity index (χ4v) is 3.67. The highest BCUT2D eigenvalue weighted by Gasteiger charge is 2.21. The van der Waals surface area contributed by atoms with Gasteiger partial charge < -0.3 is 4.84 Å². The van der Waals surface area contributed by atoms with E-state index in [2.05, 4.69) is 27.0 Å². The second-order valence-corrected chi connectivity index (χ2v) is 7.08. The van der Waals surface area contributed by atoms with Crippen LogP contribution in [0.25, 0.3) is 21.1 Å². The van der Waals surface area contributed by atoms with Crippen molar-refractivity contribution in [3.8, 4) is 21.1 Å². The summed E-state index contributed by atoms with van der Waals surface area (Å²) in [7, 11) is 0. The summed E-state index contributed by atoms with van der Waals surface area (Å²) in [5.74, 6) is 0. The van der Waals surface area contributed by atoms with Crippen molar-refractivity contribution in [2.24, 2.45) is 5.16 Å². The monoisotopic (exact) mass is 365 g/mol. The van der Waals surface area contributed by atoms with Crippen LogP contribution in [0.1, 0.15) is 37.6 Å². The van der Waals surface area contributed by atoms with Gasteiger partial charge in [0, 0.05) is 24.2 Å². The van der Waals surface area contributed by atoms with Crippen LogP contribution in [0, 0.1) is 0 Å². The molecule has 0 spiro atoms. The zero-order valence-corrected chi connectivity index (χ0v) is 15.4. The third-order valence-electron chi connectivity index (χ3n) is 4.09. The summed E-state index contributed by atoms with van der Waals surface area (Å²) in [5, 5.41) is 5.22. The van der Waals surface area contributed by atoms with E-state index in [-0.39, 0.29) is 0 Å². The van der Waals surface area contributed by atoms with Crippen molar-refractivity contribution in [2.45, 2.75) is 32.6 Å². The molecule has 0 bridgehead atoms. The van der Waals surface area contributed by atoms with Gasteiger partial charge in [0.05, 0.1) is 16.8 Å². The van der Waals surface area contributed by atoms with E-state index >= 15 is 0 Å². The number of pyridine rings is 1. The molecule has 6 nitrogen and oxygen atoms in total. The Morgan fingerprint density at radius 1 is 1.19 bits per heavy atom. The van der Waals surface area contributed by atoms with Gasteiger partial charge in [-0.2, -0.15) is 0 Å². The number of aryl methyl sites for hydroxylation is 1. The standard InChI is InChI=1S/C19H19N5OS/c1-2-9-25-24-15-7-3-6-14-18(15)23-16(11-21-14)17-12-22-19(26-17)13-5-4-8-20-10-13/h4-5,8,10-12H,2-3,6-7,9H2,1H3/b24-15+. The van der Waals surface area contributed by atoms with Gasteiger partial charge in [-0.1, -0.05) is 12.1 Å². The lowest BCUT2D eigenvalue weighted by Gasteiger charge is -2.16. The summed E-state index contributed by atoms with van der Waals surface area (Å²) < 4.78 is 0. The average molecular weight is 365 g/mol. The first-order chi connectivity index (χ1) is 12.8. The van der Waals surface area contributed by atoms with Gasteiger partial charge >= 0.3 is 0 Å². The second-order valence-electron chi connectivity index (χ2n) is 6.05. The molecule has 0 saturated heterocycles. The Hall–Kier alpha value is -2.67. The molecule has 1 aliphatic carbocycles. The molecule has 132 valence electrons. The maximum absolute atomic E-state index is 5.39. The van der Waals surface area contributed by atoms with Gasteiger partial charge in [0.25, 0.3) is 0 Å². The number of rotatable bonds is 5. The molecule has 0 amide bonds. The molecule has 3 heterocycles. The Morgan fingerprint density at radius 2 is 2.15 bits per heavy atom. The Kier molecular flexibility index (Phi) is 4.97. The summed E-state index contributed by atoms with van der Waals surface area (Å²) in [5.41, 5.74) is 4.58. The fourth-order valence-electron chi connectivity index (χ4n) is 2.81. The molecular formula is C19H19N5OS. The van der Waals surface area contributed by atoms with E-state index in [1.165, 1.54) is 0 Å². The summed E-state index contributed by atoms with van der Waals surface area (Å²) in [6.45, 7) is 2.69. The maximum atomic E-state index is 5.39. The first-order valence-corrected chi connectivity index (χ1v) is 9.58. The molecule has 0 fully saturated rings. The van der Waals surface area contributed by atoms with E-state index in [4.69, 9.17) is 9.82 Å². The van der Waals surface area contributed by atoms with Gasteiger partial charge in [0.15, 0.2) is 0 Å². The van der Waals surface area contributed by atoms with Crippen LogP contribution in [0.3, 0.4) is 0 Å². The van der Waals surface area contributed by atoms with Crippen molar-refractivity contribution < 1.29 is 4.84 Å². The number of nitrogens with zero attached hydrogens (tertiary/aromatic N) is 5. The van der Waals surface area contributed by atoms with Crippen molar-refractivity contribution in [1.82, 2.24) is 19.9 Å². The summed E-state index contributed by atoms with van der Waals surface area (Å²) in [6.07, 6.45) is 11.0. The zero-order chi connectivity index (χ0) is 17.8. The number of oxime groups is 1. The predicted molar refractivity (Wildman–Crippen MR) is 102 cm³/mol. The van der Waals surface area contributed by atoms with Crippen LogP contribution in [-0.2, 0) is 11.3 Å². The van der Waals surface area contributed by atoms with Crippen LogP contribution in [0.5, 0.6) is 0 Å². The molecule has 3 aromatic rings. The first-order valence-electron chi connectivity index (χ1n) is 8.77. The van der Waals surface area contributed by atoms with E-state index in [0.29, 0.717) is 6.61 Å². The number of thiazole rings is 1. The number of fused-ring (bicyclic) bond motifs is 1. The van der Waals surface area contributed by atoms with E-state index in [9.17, 15) is 0 Å². The zero-order valence-electron chi connectivity index (χ0n) is 14.6. The van der Waals surface area contributed by atoms with Crippen molar-refractivity contribution in [3.63, 3.8) is 0 Å². The summed E-state index contributed by atoms with van der Waals surface area (Å²) in [6, 6.07) is 3.91. The highest BCUT2D eigenvalue weighted by atomic mass is 32.1. The van der Waals surface area contributed by atoms with Crippen LogP contribution in [0.4, 0.5) is 0 Å². The van der Waals surface area contributed by atoms with Gasteiger partial charge in [-0.3, -0.25) is 9.97 Å². The molecular weight excluding hydrogens is 346 g/mol. The molecule has 0 N–H and O–H groups in total. The van der Waals surface area contributed by atoms with Crippen LogP contribution in [0.2, 0.25) is 0 Å². The smallest absolute Gasteiger partial charge is 0.125 e. The third kappa shape index (κ3) is 3.48. The average Bonchev–Trinajstić information content (AvgIpc) is 3.19. The second kappa shape index (κ2) is 7.70. The molecule has 0 atom stereocenters. The molecule has 3 aromatic heterocycles. The fraction of sp³-hybridized carbons (Fsp3) is 0.316. The topological polar surface area (TPSA) is 73.2 Å². The maximum Gasteiger partial charge on any atom is 0.125 e. The van der Waals surface area contributed by atoms with E-state index in [1.807, 2.05) is 30.7 Å². The van der Waals surface area contributed by atoms with Crippen molar-refractivity contribution >= 4 is 17.0 Å². The molecule has 0 aliphatic heterocycles. The largest absolute Gasteiger partial charge is 0.396 e. The molecule has 0 aromatic carbocycles. The van der Waals surface area contributed by atoms with Crippen LogP contribution in [-0.4, -0.2) is 32.3 Å². The first kappa shape index (κ1) is 16.8. The third-order valence-corrected chi connectivity index (χ3v) is 5.15. The molecule has 4 rings (SSSR count). The van der Waals surface area contributed by atoms with Gasteiger partial charge in [-0.25, -0.2) is 9.97 Å². The van der Waals surface area contributed by atoms with Gasteiger partial charge in [-0.15, -0.1) is 11.3 Å². The lowest BCUT2D eigenvalue weighted by Crippen LogP contribution is -2.16. The Balaban J connectivity index is 1.66. The van der Waals surface area contributed by atoms with Crippen molar-refractivity contribution in [1.29, 1.82) is 0 Å². The van der Waals surface area contributed by atoms with Gasteiger partial charge in [-0.05, 0) is 37.8 Å². The van der Waals surface area contributed by atoms with Crippen LogP contribution >= 0.6 is 11.3 Å². The highest BCUT2D eigenvalue weighted by molar-refractivity contribution is 7.18. The minimum Gasteiger partial charge on any atom is -0.396 e. The van der Waals surface area contributed by atoms with E-state index < -0.39 is 0 Å². The summed E-state index contributed by atoms with van der Waals surface area (Å²) >= 11 is 1.59. The Labute approximate surface area is 156 Å². The molecule has 0 saturated carbocycles. The molecule has 0 unspecified atom stereocenters. The molecule has 0 radical (unpaired) electrons. The lowest BCUT2D eigenvalue weighted by molar-refractivity contribution is 0.144. The van der Waals surface area contributed by atoms with E-state index in [1.54, 1.807) is 17.5 Å². The number of hydrogen-bond acceptors (Lipinski definition) is 7.